The van der Waals surface area contributed by atoms with Gasteiger partial charge in [0.2, 0.25) is 0 Å². The van der Waals surface area contributed by atoms with Gasteiger partial charge in [0.15, 0.2) is 0 Å². The maximum absolute atomic E-state index is 9.98. The summed E-state index contributed by atoms with van der Waals surface area (Å²) < 4.78 is 0. The number of carbonyl (C=O) groups is 1. The van der Waals surface area contributed by atoms with Crippen molar-refractivity contribution in [1.82, 2.24) is 0 Å². The minimum absolute atomic E-state index is 0. The van der Waals surface area contributed by atoms with Crippen LogP contribution >= 0.6 is 39.9 Å². The molecule has 0 heterocycles. The Bertz CT molecular complexity index is 88.6. The zero-order valence-electron chi connectivity index (χ0n) is 4.51. The van der Waals surface area contributed by atoms with E-state index in [-0.39, 0.29) is 12.4 Å². The van der Waals surface area contributed by atoms with E-state index in [1.165, 1.54) is 0 Å². The van der Waals surface area contributed by atoms with E-state index < -0.39 is 10.8 Å². The molecule has 1 unspecified atom stereocenters. The molecule has 56 valence electrons. The molecule has 0 amide bonds. The molecule has 0 aromatic heterocycles. The van der Waals surface area contributed by atoms with Gasteiger partial charge in [0, 0.05) is 5.88 Å². The van der Waals surface area contributed by atoms with Crippen molar-refractivity contribution in [2.24, 2.45) is 0 Å². The topological polar surface area (TPSA) is 37.3 Å². The first-order valence-corrected chi connectivity index (χ1v) is 3.56. The van der Waals surface area contributed by atoms with Crippen LogP contribution in [0.1, 0.15) is 6.42 Å². The molecule has 0 aliphatic heterocycles. The molecule has 0 bridgehead atoms. The molecule has 0 radical (unpaired) electrons. The zero-order chi connectivity index (χ0) is 6.57. The van der Waals surface area contributed by atoms with Gasteiger partial charge in [-0.2, -0.15) is 0 Å². The summed E-state index contributed by atoms with van der Waals surface area (Å²) in [4.78, 5) is 9.50. The van der Waals surface area contributed by atoms with E-state index in [2.05, 4.69) is 15.9 Å². The van der Waals surface area contributed by atoms with Gasteiger partial charge >= 0.3 is 5.97 Å². The number of carboxylic acids is 1. The molecule has 2 nitrogen and oxygen atoms in total. The van der Waals surface area contributed by atoms with Crippen molar-refractivity contribution in [2.75, 3.05) is 5.88 Å². The van der Waals surface area contributed by atoms with Crippen LogP contribution in [0.25, 0.3) is 0 Å². The number of hydrogen-bond donors (Lipinski definition) is 1. The molecule has 0 saturated carbocycles. The molecule has 0 fully saturated rings. The molecule has 0 aliphatic rings. The SMILES string of the molecule is Cl.O=C(O)C(Br)CCCl. The number of halogens is 3. The van der Waals surface area contributed by atoms with E-state index in [1.54, 1.807) is 0 Å². The van der Waals surface area contributed by atoms with Crippen LogP contribution in [0.5, 0.6) is 0 Å². The Morgan fingerprint density at radius 2 is 2.22 bits per heavy atom. The Morgan fingerprint density at radius 3 is 2.33 bits per heavy atom. The molecule has 0 spiro atoms. The summed E-state index contributed by atoms with van der Waals surface area (Å²) in [5.41, 5.74) is 0. The predicted octanol–water partition coefficient (Wildman–Crippen LogP) is 1.89. The van der Waals surface area contributed by atoms with E-state index in [4.69, 9.17) is 16.7 Å². The third-order valence-electron chi connectivity index (χ3n) is 0.631. The normalized spacial score (nSPS) is 11.8. The van der Waals surface area contributed by atoms with Crippen molar-refractivity contribution >= 4 is 45.9 Å². The summed E-state index contributed by atoms with van der Waals surface area (Å²) in [6.07, 6.45) is 0.469. The van der Waals surface area contributed by atoms with E-state index in [0.29, 0.717) is 12.3 Å². The molecule has 1 N–H and O–H groups in total. The fourth-order valence-electron chi connectivity index (χ4n) is 0.219. The quantitative estimate of drug-likeness (QED) is 0.762. The number of carboxylic acid groups (broad SMARTS) is 1. The van der Waals surface area contributed by atoms with Gasteiger partial charge in [0.25, 0.3) is 0 Å². The first-order valence-electron chi connectivity index (χ1n) is 2.11. The van der Waals surface area contributed by atoms with Crippen LogP contribution in [-0.4, -0.2) is 21.8 Å². The summed E-state index contributed by atoms with van der Waals surface area (Å²) in [6.45, 7) is 0. The second kappa shape index (κ2) is 6.65. The molecule has 0 aromatic carbocycles. The van der Waals surface area contributed by atoms with Crippen LogP contribution < -0.4 is 0 Å². The molecule has 0 saturated heterocycles. The van der Waals surface area contributed by atoms with Crippen molar-refractivity contribution in [3.63, 3.8) is 0 Å². The summed E-state index contributed by atoms with van der Waals surface area (Å²) in [5, 5.41) is 8.21. The second-order valence-corrected chi connectivity index (χ2v) is 2.77. The van der Waals surface area contributed by atoms with Crippen molar-refractivity contribution in [3.8, 4) is 0 Å². The van der Waals surface area contributed by atoms with Gasteiger partial charge in [-0.3, -0.25) is 4.79 Å². The lowest BCUT2D eigenvalue weighted by Crippen LogP contribution is -2.12. The van der Waals surface area contributed by atoms with Crippen LogP contribution in [0.15, 0.2) is 0 Å². The Labute approximate surface area is 73.1 Å². The fourth-order valence-corrected chi connectivity index (χ4v) is 0.930. The van der Waals surface area contributed by atoms with Gasteiger partial charge in [-0.05, 0) is 6.42 Å². The van der Waals surface area contributed by atoms with Gasteiger partial charge in [-0.15, -0.1) is 24.0 Å². The van der Waals surface area contributed by atoms with Crippen molar-refractivity contribution in [3.05, 3.63) is 0 Å². The Balaban J connectivity index is 0. The van der Waals surface area contributed by atoms with Crippen molar-refractivity contribution in [2.45, 2.75) is 11.2 Å². The highest BCUT2D eigenvalue weighted by Crippen LogP contribution is 2.05. The van der Waals surface area contributed by atoms with Crippen molar-refractivity contribution in [1.29, 1.82) is 0 Å². The number of rotatable bonds is 3. The average molecular weight is 238 g/mol. The minimum atomic E-state index is -0.856. The zero-order valence-corrected chi connectivity index (χ0v) is 7.67. The molecule has 1 atom stereocenters. The minimum Gasteiger partial charge on any atom is -0.480 e. The summed E-state index contributed by atoms with van der Waals surface area (Å²) in [6, 6.07) is 0. The van der Waals surface area contributed by atoms with Gasteiger partial charge in [0.05, 0.1) is 0 Å². The summed E-state index contributed by atoms with van der Waals surface area (Å²) in [7, 11) is 0. The van der Waals surface area contributed by atoms with Gasteiger partial charge in [-0.1, -0.05) is 15.9 Å². The van der Waals surface area contributed by atoms with E-state index >= 15 is 0 Å². The maximum Gasteiger partial charge on any atom is 0.317 e. The maximum atomic E-state index is 9.98. The number of alkyl halides is 2. The van der Waals surface area contributed by atoms with Gasteiger partial charge in [-0.25, -0.2) is 0 Å². The largest absolute Gasteiger partial charge is 0.480 e. The van der Waals surface area contributed by atoms with E-state index in [0.717, 1.165) is 0 Å². The van der Waals surface area contributed by atoms with Gasteiger partial charge < -0.3 is 5.11 Å². The highest BCUT2D eigenvalue weighted by atomic mass is 79.9. The average Bonchev–Trinajstić information content (AvgIpc) is 1.67. The van der Waals surface area contributed by atoms with E-state index in [9.17, 15) is 4.79 Å². The fraction of sp³-hybridized carbons (Fsp3) is 0.750. The first-order chi connectivity index (χ1) is 3.68. The van der Waals surface area contributed by atoms with Crippen LogP contribution in [0.3, 0.4) is 0 Å². The molecule has 9 heavy (non-hydrogen) atoms. The monoisotopic (exact) mass is 236 g/mol. The first kappa shape index (κ1) is 12.2. The Hall–Kier alpha value is 0.530. The highest BCUT2D eigenvalue weighted by molar-refractivity contribution is 9.10. The number of hydrogen-bond acceptors (Lipinski definition) is 1. The Morgan fingerprint density at radius 1 is 1.78 bits per heavy atom. The standard InChI is InChI=1S/C4H6BrClO2.ClH/c5-3(1-2-6)4(7)8;/h3H,1-2H2,(H,7,8);1H. The molecular formula is C4H7BrCl2O2. The molecule has 0 aromatic rings. The van der Waals surface area contributed by atoms with Crippen LogP contribution in [0, 0.1) is 0 Å². The van der Waals surface area contributed by atoms with E-state index in [1.807, 2.05) is 0 Å². The molecule has 0 aliphatic carbocycles. The summed E-state index contributed by atoms with van der Waals surface area (Å²) in [5.74, 6) is -0.479. The Kier molecular flexibility index (Phi) is 9.03. The molecule has 0 rings (SSSR count). The third kappa shape index (κ3) is 6.41. The van der Waals surface area contributed by atoms with Crippen LogP contribution in [-0.2, 0) is 4.79 Å². The van der Waals surface area contributed by atoms with Crippen molar-refractivity contribution < 1.29 is 9.90 Å². The second-order valence-electron chi connectivity index (χ2n) is 1.28. The van der Waals surface area contributed by atoms with Gasteiger partial charge in [0.1, 0.15) is 4.83 Å². The third-order valence-corrected chi connectivity index (χ3v) is 1.70. The molecular weight excluding hydrogens is 231 g/mol. The number of aliphatic carboxylic acids is 1. The molecule has 5 heteroatoms. The lowest BCUT2D eigenvalue weighted by atomic mass is 10.3. The van der Waals surface area contributed by atoms with Crippen LogP contribution in [0.2, 0.25) is 0 Å². The lowest BCUT2D eigenvalue weighted by Gasteiger charge is -1.97. The highest BCUT2D eigenvalue weighted by Gasteiger charge is 2.10. The van der Waals surface area contributed by atoms with Crippen LogP contribution in [0.4, 0.5) is 0 Å². The predicted molar refractivity (Wildman–Crippen MR) is 42.9 cm³/mol. The summed E-state index contributed by atoms with van der Waals surface area (Å²) >= 11 is 8.17. The lowest BCUT2D eigenvalue weighted by molar-refractivity contribution is -0.136. The smallest absolute Gasteiger partial charge is 0.317 e.